The monoisotopic (exact) mass is 196 g/mol. The molecule has 15 heavy (non-hydrogen) atoms. The van der Waals surface area contributed by atoms with Gasteiger partial charge in [-0.3, -0.25) is 4.57 Å². The Morgan fingerprint density at radius 1 is 1.20 bits per heavy atom. The van der Waals surface area contributed by atoms with E-state index in [2.05, 4.69) is 46.4 Å². The molecule has 2 aromatic rings. The summed E-state index contributed by atoms with van der Waals surface area (Å²) in [6, 6.07) is 8.31. The first-order valence-corrected chi connectivity index (χ1v) is 4.88. The molecule has 0 aliphatic carbocycles. The van der Waals surface area contributed by atoms with Crippen molar-refractivity contribution >= 4 is 16.7 Å². The number of rotatable bonds is 0. The number of allylic oxidation sites excluding steroid dienone is 1. The molecule has 0 N–H and O–H groups in total. The maximum atomic E-state index is 4.06. The Bertz CT molecular complexity index is 576. The van der Waals surface area contributed by atoms with E-state index in [1.54, 1.807) is 6.20 Å². The van der Waals surface area contributed by atoms with Crippen LogP contribution in [-0.2, 0) is 0 Å². The summed E-state index contributed by atoms with van der Waals surface area (Å²) in [5, 5.41) is 5.33. The second-order valence-electron chi connectivity index (χ2n) is 3.59. The highest BCUT2D eigenvalue weighted by Crippen LogP contribution is 2.20. The lowest BCUT2D eigenvalue weighted by Crippen LogP contribution is -2.05. The van der Waals surface area contributed by atoms with Crippen molar-refractivity contribution in [3.05, 3.63) is 48.3 Å². The third kappa shape index (κ3) is 1.16. The molecule has 0 bridgehead atoms. The van der Waals surface area contributed by atoms with Gasteiger partial charge >= 0.3 is 0 Å². The molecule has 0 saturated heterocycles. The van der Waals surface area contributed by atoms with Crippen LogP contribution in [0, 0.1) is 6.92 Å². The Morgan fingerprint density at radius 2 is 2.07 bits per heavy atom. The first-order valence-electron chi connectivity index (χ1n) is 4.88. The van der Waals surface area contributed by atoms with Crippen LogP contribution in [0.1, 0.15) is 5.56 Å². The summed E-state index contributed by atoms with van der Waals surface area (Å²) in [7, 11) is 0. The molecule has 1 radical (unpaired) electrons. The number of fused-ring (bicyclic) bond motifs is 1. The molecule has 3 nitrogen and oxygen atoms in total. The first kappa shape index (κ1) is 8.29. The van der Waals surface area contributed by atoms with Gasteiger partial charge in [-0.15, -0.1) is 5.10 Å². The van der Waals surface area contributed by atoms with Crippen molar-refractivity contribution in [1.82, 2.24) is 9.99 Å². The highest BCUT2D eigenvalue weighted by atomic mass is 15.3. The van der Waals surface area contributed by atoms with E-state index < -0.39 is 0 Å². The summed E-state index contributed by atoms with van der Waals surface area (Å²) in [4.78, 5) is 0. The lowest BCUT2D eigenvalue weighted by molar-refractivity contribution is 0.959. The van der Waals surface area contributed by atoms with Crippen LogP contribution in [-0.4, -0.2) is 10.4 Å². The van der Waals surface area contributed by atoms with Crippen LogP contribution in [0.25, 0.3) is 10.9 Å². The Balaban J connectivity index is 2.31. The zero-order valence-corrected chi connectivity index (χ0v) is 8.38. The average Bonchev–Trinajstić information content (AvgIpc) is 2.87. The summed E-state index contributed by atoms with van der Waals surface area (Å²) < 4.78 is 2.07. The van der Waals surface area contributed by atoms with Gasteiger partial charge in [0.25, 0.3) is 0 Å². The topological polar surface area (TPSA) is 31.4 Å². The molecule has 0 fully saturated rings. The maximum Gasteiger partial charge on any atom is 0.161 e. The molecule has 1 aromatic carbocycles. The van der Waals surface area contributed by atoms with Crippen LogP contribution in [0.5, 0.6) is 0 Å². The molecule has 1 aliphatic rings. The van der Waals surface area contributed by atoms with Crippen LogP contribution >= 0.6 is 0 Å². The number of nitrogens with zero attached hydrogens (tertiary/aromatic N) is 3. The minimum atomic E-state index is 0.874. The van der Waals surface area contributed by atoms with E-state index in [0.717, 1.165) is 5.84 Å². The van der Waals surface area contributed by atoms with Crippen LogP contribution < -0.4 is 5.43 Å². The highest BCUT2D eigenvalue weighted by Gasteiger charge is 2.09. The van der Waals surface area contributed by atoms with E-state index in [9.17, 15) is 0 Å². The first-order chi connectivity index (χ1) is 7.36. The van der Waals surface area contributed by atoms with E-state index in [-0.39, 0.29) is 0 Å². The number of benzene rings is 1. The van der Waals surface area contributed by atoms with Crippen LogP contribution in [0.15, 0.2) is 47.8 Å². The second kappa shape index (κ2) is 2.98. The summed E-state index contributed by atoms with van der Waals surface area (Å²) in [6.07, 6.45) is 5.71. The molecule has 73 valence electrons. The summed E-state index contributed by atoms with van der Waals surface area (Å²) >= 11 is 0. The Hall–Kier alpha value is -2.03. The molecule has 1 aromatic heterocycles. The van der Waals surface area contributed by atoms with Gasteiger partial charge in [0.2, 0.25) is 0 Å². The van der Waals surface area contributed by atoms with Gasteiger partial charge in [-0.05, 0) is 18.6 Å². The van der Waals surface area contributed by atoms with E-state index in [0.29, 0.717) is 0 Å². The van der Waals surface area contributed by atoms with Crippen molar-refractivity contribution in [3.63, 3.8) is 0 Å². The zero-order chi connectivity index (χ0) is 10.3. The molecular formula is C12H10N3. The van der Waals surface area contributed by atoms with Crippen molar-refractivity contribution in [1.29, 1.82) is 0 Å². The van der Waals surface area contributed by atoms with Crippen LogP contribution in [0.4, 0.5) is 0 Å². The smallest absolute Gasteiger partial charge is 0.161 e. The predicted octanol–water partition coefficient (Wildman–Crippen LogP) is 2.24. The third-order valence-electron chi connectivity index (χ3n) is 2.61. The fourth-order valence-electron chi connectivity index (χ4n) is 1.89. The lowest BCUT2D eigenvalue weighted by atomic mass is 10.2. The SMILES string of the molecule is Cc1cn(C2=N[N]C=C2)c2ccccc12. The van der Waals surface area contributed by atoms with Gasteiger partial charge in [-0.25, -0.2) is 0 Å². The number of para-hydroxylation sites is 1. The van der Waals surface area contributed by atoms with Crippen molar-refractivity contribution in [3.8, 4) is 0 Å². The van der Waals surface area contributed by atoms with Crippen LogP contribution in [0.3, 0.4) is 0 Å². The number of hydrogen-bond donors (Lipinski definition) is 0. The summed E-state index contributed by atoms with van der Waals surface area (Å²) in [6.45, 7) is 2.11. The van der Waals surface area contributed by atoms with E-state index in [1.165, 1.54) is 16.5 Å². The van der Waals surface area contributed by atoms with Crippen molar-refractivity contribution in [2.45, 2.75) is 6.92 Å². The molecule has 3 rings (SSSR count). The standard InChI is InChI=1S/C12H10N3/c1-9-8-15(12-6-7-13-14-12)11-5-3-2-4-10(9)11/h2-8H,1H3. The van der Waals surface area contributed by atoms with Crippen molar-refractivity contribution in [2.75, 3.05) is 0 Å². The van der Waals surface area contributed by atoms with E-state index in [1.807, 2.05) is 12.1 Å². The van der Waals surface area contributed by atoms with Gasteiger partial charge in [0, 0.05) is 17.7 Å². The van der Waals surface area contributed by atoms with Crippen molar-refractivity contribution in [2.24, 2.45) is 5.10 Å². The van der Waals surface area contributed by atoms with E-state index in [4.69, 9.17) is 0 Å². The number of aromatic nitrogens is 1. The number of aryl methyl sites for hydroxylation is 1. The predicted molar refractivity (Wildman–Crippen MR) is 60.8 cm³/mol. The zero-order valence-electron chi connectivity index (χ0n) is 8.38. The largest absolute Gasteiger partial charge is 0.299 e. The van der Waals surface area contributed by atoms with Crippen molar-refractivity contribution < 1.29 is 0 Å². The van der Waals surface area contributed by atoms with Gasteiger partial charge in [-0.2, -0.15) is 5.43 Å². The molecule has 0 atom stereocenters. The third-order valence-corrected chi connectivity index (χ3v) is 2.61. The second-order valence-corrected chi connectivity index (χ2v) is 3.59. The number of hydrogen-bond acceptors (Lipinski definition) is 1. The Morgan fingerprint density at radius 3 is 2.87 bits per heavy atom. The maximum absolute atomic E-state index is 4.06. The van der Waals surface area contributed by atoms with Gasteiger partial charge < -0.3 is 0 Å². The molecule has 2 heterocycles. The summed E-state index contributed by atoms with van der Waals surface area (Å²) in [5.41, 5.74) is 6.28. The van der Waals surface area contributed by atoms with Crippen LogP contribution in [0.2, 0.25) is 0 Å². The molecule has 0 saturated carbocycles. The quantitative estimate of drug-likeness (QED) is 0.619. The molecule has 3 heteroatoms. The van der Waals surface area contributed by atoms with Gasteiger partial charge in [-0.1, -0.05) is 18.2 Å². The summed E-state index contributed by atoms with van der Waals surface area (Å²) in [5.74, 6) is 0.874. The van der Waals surface area contributed by atoms with E-state index >= 15 is 0 Å². The lowest BCUT2D eigenvalue weighted by Gasteiger charge is -2.00. The van der Waals surface area contributed by atoms with Gasteiger partial charge in [0.05, 0.1) is 11.7 Å². The fourth-order valence-corrected chi connectivity index (χ4v) is 1.89. The Labute approximate surface area is 87.7 Å². The molecular weight excluding hydrogens is 186 g/mol. The molecule has 0 amide bonds. The normalized spacial score (nSPS) is 14.3. The minimum Gasteiger partial charge on any atom is -0.299 e. The minimum absolute atomic E-state index is 0.874. The molecule has 1 aliphatic heterocycles. The highest BCUT2D eigenvalue weighted by molar-refractivity contribution is 6.03. The van der Waals surface area contributed by atoms with Gasteiger partial charge in [0.1, 0.15) is 0 Å². The Kier molecular flexibility index (Phi) is 1.65. The van der Waals surface area contributed by atoms with Gasteiger partial charge in [0.15, 0.2) is 5.84 Å². The fraction of sp³-hybridized carbons (Fsp3) is 0.0833. The average molecular weight is 196 g/mol. The molecule has 0 unspecified atom stereocenters. The molecule has 0 spiro atoms.